The van der Waals surface area contributed by atoms with Gasteiger partial charge in [-0.25, -0.2) is 0 Å². The lowest BCUT2D eigenvalue weighted by atomic mass is 10.3. The van der Waals surface area contributed by atoms with E-state index >= 15 is 0 Å². The predicted octanol–water partition coefficient (Wildman–Crippen LogP) is 1.15. The van der Waals surface area contributed by atoms with Gasteiger partial charge in [-0.1, -0.05) is 0 Å². The van der Waals surface area contributed by atoms with Crippen LogP contribution in [-0.2, 0) is 14.2 Å². The molecule has 0 amide bonds. The standard InChI is InChI=1S/C12H25NO3/c1-2-14-9-4-10-15-8-3-5-13-6-11-16-12-7-13/h2-12H2,1H3. The van der Waals surface area contributed by atoms with E-state index < -0.39 is 0 Å². The van der Waals surface area contributed by atoms with Crippen molar-refractivity contribution in [3.8, 4) is 0 Å². The number of ether oxygens (including phenoxy) is 3. The average molecular weight is 231 g/mol. The van der Waals surface area contributed by atoms with Crippen LogP contribution in [0.15, 0.2) is 0 Å². The van der Waals surface area contributed by atoms with Crippen LogP contribution in [0.5, 0.6) is 0 Å². The summed E-state index contributed by atoms with van der Waals surface area (Å²) in [5, 5.41) is 0. The molecular formula is C12H25NO3. The van der Waals surface area contributed by atoms with E-state index in [1.54, 1.807) is 0 Å². The fraction of sp³-hybridized carbons (Fsp3) is 1.00. The predicted molar refractivity (Wildman–Crippen MR) is 63.8 cm³/mol. The lowest BCUT2D eigenvalue weighted by molar-refractivity contribution is 0.0305. The molecule has 0 aliphatic carbocycles. The van der Waals surface area contributed by atoms with Gasteiger partial charge in [-0.15, -0.1) is 0 Å². The Labute approximate surface area is 98.8 Å². The van der Waals surface area contributed by atoms with Gasteiger partial charge in [-0.3, -0.25) is 4.90 Å². The Bertz CT molecular complexity index is 149. The first kappa shape index (κ1) is 13.9. The molecule has 1 aliphatic heterocycles. The molecule has 0 spiro atoms. The molecule has 0 N–H and O–H groups in total. The van der Waals surface area contributed by atoms with Gasteiger partial charge < -0.3 is 14.2 Å². The van der Waals surface area contributed by atoms with Gasteiger partial charge in [-0.05, 0) is 19.8 Å². The number of hydrogen-bond acceptors (Lipinski definition) is 4. The summed E-state index contributed by atoms with van der Waals surface area (Å²) in [4.78, 5) is 2.44. The summed E-state index contributed by atoms with van der Waals surface area (Å²) in [6, 6.07) is 0. The summed E-state index contributed by atoms with van der Waals surface area (Å²) in [6.45, 7) is 10.4. The maximum atomic E-state index is 5.53. The molecule has 0 bridgehead atoms. The van der Waals surface area contributed by atoms with Crippen molar-refractivity contribution in [3.05, 3.63) is 0 Å². The third kappa shape index (κ3) is 7.17. The van der Waals surface area contributed by atoms with Gasteiger partial charge in [0.2, 0.25) is 0 Å². The first-order chi connectivity index (χ1) is 7.93. The van der Waals surface area contributed by atoms with E-state index in [0.717, 1.165) is 72.1 Å². The van der Waals surface area contributed by atoms with E-state index in [0.29, 0.717) is 0 Å². The van der Waals surface area contributed by atoms with Crippen molar-refractivity contribution in [2.24, 2.45) is 0 Å². The highest BCUT2D eigenvalue weighted by atomic mass is 16.5. The SMILES string of the molecule is CCOCCCOCCCN1CCOCC1. The van der Waals surface area contributed by atoms with Crippen molar-refractivity contribution in [1.29, 1.82) is 0 Å². The fourth-order valence-electron chi connectivity index (χ4n) is 1.72. The molecule has 1 fully saturated rings. The molecule has 0 radical (unpaired) electrons. The van der Waals surface area contributed by atoms with Crippen LogP contribution in [-0.4, -0.2) is 64.2 Å². The zero-order chi connectivity index (χ0) is 11.5. The van der Waals surface area contributed by atoms with Crippen molar-refractivity contribution in [3.63, 3.8) is 0 Å². The Balaban J connectivity index is 1.77. The molecule has 4 nitrogen and oxygen atoms in total. The minimum Gasteiger partial charge on any atom is -0.382 e. The van der Waals surface area contributed by atoms with E-state index in [1.165, 1.54) is 0 Å². The van der Waals surface area contributed by atoms with E-state index in [1.807, 2.05) is 6.92 Å². The number of rotatable bonds is 9. The Morgan fingerprint density at radius 3 is 2.44 bits per heavy atom. The van der Waals surface area contributed by atoms with Crippen LogP contribution in [0.2, 0.25) is 0 Å². The molecule has 1 rings (SSSR count). The first-order valence-corrected chi connectivity index (χ1v) is 6.39. The topological polar surface area (TPSA) is 30.9 Å². The largest absolute Gasteiger partial charge is 0.382 e. The van der Waals surface area contributed by atoms with Gasteiger partial charge >= 0.3 is 0 Å². The van der Waals surface area contributed by atoms with Gasteiger partial charge in [0.25, 0.3) is 0 Å². The molecule has 96 valence electrons. The molecule has 4 heteroatoms. The Morgan fingerprint density at radius 2 is 1.69 bits per heavy atom. The summed E-state index contributed by atoms with van der Waals surface area (Å²) >= 11 is 0. The van der Waals surface area contributed by atoms with Crippen LogP contribution in [0.1, 0.15) is 19.8 Å². The van der Waals surface area contributed by atoms with Gasteiger partial charge in [0.05, 0.1) is 13.2 Å². The molecule has 0 atom stereocenters. The van der Waals surface area contributed by atoms with Crippen molar-refractivity contribution >= 4 is 0 Å². The summed E-state index contributed by atoms with van der Waals surface area (Å²) in [7, 11) is 0. The summed E-state index contributed by atoms with van der Waals surface area (Å²) in [6.07, 6.45) is 2.13. The van der Waals surface area contributed by atoms with Crippen LogP contribution < -0.4 is 0 Å². The van der Waals surface area contributed by atoms with Crippen molar-refractivity contribution in [2.45, 2.75) is 19.8 Å². The van der Waals surface area contributed by atoms with E-state index in [2.05, 4.69) is 4.90 Å². The maximum absolute atomic E-state index is 5.53. The maximum Gasteiger partial charge on any atom is 0.0594 e. The normalized spacial score (nSPS) is 17.8. The Hall–Kier alpha value is -0.160. The molecule has 1 heterocycles. The van der Waals surface area contributed by atoms with Crippen molar-refractivity contribution in [1.82, 2.24) is 4.90 Å². The molecule has 1 saturated heterocycles. The third-order valence-corrected chi connectivity index (χ3v) is 2.65. The number of hydrogen-bond donors (Lipinski definition) is 0. The van der Waals surface area contributed by atoms with Crippen LogP contribution in [0.25, 0.3) is 0 Å². The van der Waals surface area contributed by atoms with Crippen LogP contribution >= 0.6 is 0 Å². The van der Waals surface area contributed by atoms with Crippen LogP contribution in [0.4, 0.5) is 0 Å². The Kier molecular flexibility index (Phi) is 8.71. The molecule has 0 unspecified atom stereocenters. The van der Waals surface area contributed by atoms with Gasteiger partial charge in [0.1, 0.15) is 0 Å². The monoisotopic (exact) mass is 231 g/mol. The molecule has 0 aromatic carbocycles. The van der Waals surface area contributed by atoms with Gasteiger partial charge in [0, 0.05) is 46.1 Å². The highest BCUT2D eigenvalue weighted by Gasteiger charge is 2.08. The molecule has 0 aromatic heterocycles. The van der Waals surface area contributed by atoms with Crippen molar-refractivity contribution in [2.75, 3.05) is 59.3 Å². The second kappa shape index (κ2) is 10.0. The quantitative estimate of drug-likeness (QED) is 0.557. The molecule has 0 aromatic rings. The smallest absolute Gasteiger partial charge is 0.0594 e. The minimum absolute atomic E-state index is 0.803. The molecule has 0 saturated carbocycles. The number of nitrogens with zero attached hydrogens (tertiary/aromatic N) is 1. The zero-order valence-corrected chi connectivity index (χ0v) is 10.5. The first-order valence-electron chi connectivity index (χ1n) is 6.39. The fourth-order valence-corrected chi connectivity index (χ4v) is 1.72. The molecule has 16 heavy (non-hydrogen) atoms. The summed E-state index contributed by atoms with van der Waals surface area (Å²) in [5.41, 5.74) is 0. The highest BCUT2D eigenvalue weighted by Crippen LogP contribution is 1.98. The highest BCUT2D eigenvalue weighted by molar-refractivity contribution is 4.61. The third-order valence-electron chi connectivity index (χ3n) is 2.65. The second-order valence-corrected chi connectivity index (χ2v) is 3.97. The van der Waals surface area contributed by atoms with Gasteiger partial charge in [0.15, 0.2) is 0 Å². The zero-order valence-electron chi connectivity index (χ0n) is 10.5. The average Bonchev–Trinajstić information content (AvgIpc) is 2.34. The summed E-state index contributed by atoms with van der Waals surface area (Å²) in [5.74, 6) is 0. The van der Waals surface area contributed by atoms with E-state index in [9.17, 15) is 0 Å². The molecular weight excluding hydrogens is 206 g/mol. The summed E-state index contributed by atoms with van der Waals surface area (Å²) < 4.78 is 16.1. The minimum atomic E-state index is 0.803. The lowest BCUT2D eigenvalue weighted by Crippen LogP contribution is -2.37. The van der Waals surface area contributed by atoms with Crippen LogP contribution in [0, 0.1) is 0 Å². The van der Waals surface area contributed by atoms with E-state index in [4.69, 9.17) is 14.2 Å². The lowest BCUT2D eigenvalue weighted by Gasteiger charge is -2.26. The second-order valence-electron chi connectivity index (χ2n) is 3.97. The number of morpholine rings is 1. The van der Waals surface area contributed by atoms with E-state index in [-0.39, 0.29) is 0 Å². The Morgan fingerprint density at radius 1 is 1.00 bits per heavy atom. The van der Waals surface area contributed by atoms with Crippen molar-refractivity contribution < 1.29 is 14.2 Å². The molecule has 1 aliphatic rings. The van der Waals surface area contributed by atoms with Crippen LogP contribution in [0.3, 0.4) is 0 Å². The van der Waals surface area contributed by atoms with Gasteiger partial charge in [-0.2, -0.15) is 0 Å².